The second kappa shape index (κ2) is 6.41. The molecule has 0 bridgehead atoms. The first-order valence-electron chi connectivity index (χ1n) is 7.59. The van der Waals surface area contributed by atoms with Crippen LogP contribution in [-0.4, -0.2) is 27.4 Å². The van der Waals surface area contributed by atoms with Crippen LogP contribution in [0, 0.1) is 6.92 Å². The molecule has 0 amide bonds. The van der Waals surface area contributed by atoms with Crippen molar-refractivity contribution in [1.29, 1.82) is 0 Å². The number of fused-ring (bicyclic) bond motifs is 1. The maximum absolute atomic E-state index is 10.2. The first-order valence-corrected chi connectivity index (χ1v) is 7.59. The summed E-state index contributed by atoms with van der Waals surface area (Å²) in [6, 6.07) is 8.46. The number of rotatable bonds is 5. The van der Waals surface area contributed by atoms with E-state index in [0.29, 0.717) is 13.2 Å². The average molecular weight is 286 g/mol. The van der Waals surface area contributed by atoms with Gasteiger partial charge in [-0.15, -0.1) is 0 Å². The van der Waals surface area contributed by atoms with Crippen LogP contribution < -0.4 is 0 Å². The van der Waals surface area contributed by atoms with E-state index in [1.54, 1.807) is 6.20 Å². The van der Waals surface area contributed by atoms with Crippen molar-refractivity contribution < 1.29 is 9.84 Å². The van der Waals surface area contributed by atoms with Crippen LogP contribution in [0.15, 0.2) is 36.7 Å². The zero-order valence-electron chi connectivity index (χ0n) is 12.4. The summed E-state index contributed by atoms with van der Waals surface area (Å²) < 4.78 is 7.92. The number of hydrogen-bond donors (Lipinski definition) is 1. The molecule has 0 radical (unpaired) electrons. The third-order valence-electron chi connectivity index (χ3n) is 4.14. The predicted octanol–water partition coefficient (Wildman–Crippen LogP) is 2.65. The smallest absolute Gasteiger partial charge is 0.105 e. The van der Waals surface area contributed by atoms with E-state index in [1.807, 2.05) is 17.7 Å². The number of aliphatic hydroxyl groups excluding tert-OH is 1. The zero-order valence-corrected chi connectivity index (χ0v) is 12.4. The highest BCUT2D eigenvalue weighted by atomic mass is 16.5. The Morgan fingerprint density at radius 3 is 3.10 bits per heavy atom. The van der Waals surface area contributed by atoms with Gasteiger partial charge in [0.25, 0.3) is 0 Å². The third-order valence-corrected chi connectivity index (χ3v) is 4.14. The summed E-state index contributed by atoms with van der Waals surface area (Å²) >= 11 is 0. The molecule has 4 nitrogen and oxygen atoms in total. The maximum atomic E-state index is 10.2. The highest BCUT2D eigenvalue weighted by molar-refractivity contribution is 5.31. The van der Waals surface area contributed by atoms with Crippen molar-refractivity contribution in [2.75, 3.05) is 6.61 Å². The van der Waals surface area contributed by atoms with Gasteiger partial charge >= 0.3 is 0 Å². The molecule has 2 aromatic rings. The Labute approximate surface area is 125 Å². The normalized spacial score (nSPS) is 19.2. The van der Waals surface area contributed by atoms with E-state index in [9.17, 15) is 5.11 Å². The lowest BCUT2D eigenvalue weighted by Gasteiger charge is -2.26. The summed E-state index contributed by atoms with van der Waals surface area (Å²) in [6.07, 6.45) is 6.56. The molecule has 0 spiro atoms. The Balaban J connectivity index is 1.57. The van der Waals surface area contributed by atoms with E-state index < -0.39 is 6.10 Å². The first kappa shape index (κ1) is 14.3. The highest BCUT2D eigenvalue weighted by Crippen LogP contribution is 2.32. The molecule has 1 aliphatic carbocycles. The van der Waals surface area contributed by atoms with Crippen LogP contribution in [0.3, 0.4) is 0 Å². The lowest BCUT2D eigenvalue weighted by atomic mass is 9.89. The Morgan fingerprint density at radius 2 is 2.29 bits per heavy atom. The highest BCUT2D eigenvalue weighted by Gasteiger charge is 2.21. The van der Waals surface area contributed by atoms with Gasteiger partial charge in [0, 0.05) is 12.4 Å². The lowest BCUT2D eigenvalue weighted by Crippen LogP contribution is -2.24. The fourth-order valence-corrected chi connectivity index (χ4v) is 2.99. The van der Waals surface area contributed by atoms with Crippen molar-refractivity contribution in [3.63, 3.8) is 0 Å². The lowest BCUT2D eigenvalue weighted by molar-refractivity contribution is -0.0227. The standard InChI is InChI=1S/C17H22N2O2/c1-13-18-9-10-19(13)11-15(20)12-21-17-8-4-6-14-5-2-3-7-16(14)17/h2-3,5,7,9-10,15,17,20H,4,6,8,11-12H2,1H3/t15-,17-/m1/s1. The van der Waals surface area contributed by atoms with Crippen molar-refractivity contribution in [1.82, 2.24) is 9.55 Å². The van der Waals surface area contributed by atoms with Crippen LogP contribution in [-0.2, 0) is 17.7 Å². The molecule has 1 aromatic heterocycles. The molecule has 0 unspecified atom stereocenters. The minimum absolute atomic E-state index is 0.119. The average Bonchev–Trinajstić information content (AvgIpc) is 2.90. The van der Waals surface area contributed by atoms with Gasteiger partial charge in [-0.05, 0) is 37.3 Å². The molecule has 3 rings (SSSR count). The molecule has 0 saturated carbocycles. The van der Waals surface area contributed by atoms with E-state index in [1.165, 1.54) is 11.1 Å². The number of hydrogen-bond acceptors (Lipinski definition) is 3. The fraction of sp³-hybridized carbons (Fsp3) is 0.471. The molecule has 1 aromatic carbocycles. The number of aryl methyl sites for hydroxylation is 2. The van der Waals surface area contributed by atoms with Gasteiger partial charge in [-0.25, -0.2) is 4.98 Å². The summed E-state index contributed by atoms with van der Waals surface area (Å²) in [5, 5.41) is 10.2. The van der Waals surface area contributed by atoms with E-state index in [4.69, 9.17) is 4.74 Å². The molecule has 1 N–H and O–H groups in total. The van der Waals surface area contributed by atoms with Crippen LogP contribution >= 0.6 is 0 Å². The predicted molar refractivity (Wildman–Crippen MR) is 81.0 cm³/mol. The van der Waals surface area contributed by atoms with E-state index in [-0.39, 0.29) is 6.10 Å². The van der Waals surface area contributed by atoms with Crippen molar-refractivity contribution in [3.05, 3.63) is 53.6 Å². The monoisotopic (exact) mass is 286 g/mol. The van der Waals surface area contributed by atoms with Gasteiger partial charge < -0.3 is 14.4 Å². The molecule has 0 fully saturated rings. The van der Waals surface area contributed by atoms with Crippen molar-refractivity contribution >= 4 is 0 Å². The number of nitrogens with zero attached hydrogens (tertiary/aromatic N) is 2. The van der Waals surface area contributed by atoms with Crippen molar-refractivity contribution in [3.8, 4) is 0 Å². The molecule has 0 aliphatic heterocycles. The van der Waals surface area contributed by atoms with E-state index >= 15 is 0 Å². The summed E-state index contributed by atoms with van der Waals surface area (Å²) in [6.45, 7) is 2.82. The van der Waals surface area contributed by atoms with Gasteiger partial charge in [-0.1, -0.05) is 24.3 Å². The molecule has 0 saturated heterocycles. The van der Waals surface area contributed by atoms with Crippen LogP contribution in [0.25, 0.3) is 0 Å². The number of aliphatic hydroxyl groups is 1. The largest absolute Gasteiger partial charge is 0.389 e. The molecule has 2 atom stereocenters. The van der Waals surface area contributed by atoms with Crippen LogP contribution in [0.1, 0.15) is 35.9 Å². The minimum atomic E-state index is -0.507. The summed E-state index contributed by atoms with van der Waals surface area (Å²) in [7, 11) is 0. The van der Waals surface area contributed by atoms with Crippen LogP contribution in [0.5, 0.6) is 0 Å². The Hall–Kier alpha value is -1.65. The summed E-state index contributed by atoms with van der Waals surface area (Å²) in [5.74, 6) is 0.914. The van der Waals surface area contributed by atoms with Crippen molar-refractivity contribution in [2.24, 2.45) is 0 Å². The zero-order chi connectivity index (χ0) is 14.7. The Bertz CT molecular complexity index is 594. The SMILES string of the molecule is Cc1nccn1C[C@@H](O)CO[C@@H]1CCCc2ccccc21. The number of benzene rings is 1. The summed E-state index contributed by atoms with van der Waals surface area (Å²) in [4.78, 5) is 4.16. The number of ether oxygens (including phenoxy) is 1. The van der Waals surface area contributed by atoms with Gasteiger partial charge in [0.15, 0.2) is 0 Å². The third kappa shape index (κ3) is 3.34. The second-order valence-electron chi connectivity index (χ2n) is 5.69. The molecule has 1 aliphatic rings. The van der Waals surface area contributed by atoms with Gasteiger partial charge in [-0.3, -0.25) is 0 Å². The van der Waals surface area contributed by atoms with Gasteiger partial charge in [0.2, 0.25) is 0 Å². The fourth-order valence-electron chi connectivity index (χ4n) is 2.99. The maximum Gasteiger partial charge on any atom is 0.105 e. The molecule has 1 heterocycles. The van der Waals surface area contributed by atoms with Gasteiger partial charge in [0.05, 0.1) is 25.4 Å². The van der Waals surface area contributed by atoms with Gasteiger partial charge in [0.1, 0.15) is 5.82 Å². The van der Waals surface area contributed by atoms with E-state index in [2.05, 4.69) is 29.2 Å². The first-order chi connectivity index (χ1) is 10.2. The number of imidazole rings is 1. The van der Waals surface area contributed by atoms with Crippen LogP contribution in [0.4, 0.5) is 0 Å². The minimum Gasteiger partial charge on any atom is -0.389 e. The van der Waals surface area contributed by atoms with Crippen LogP contribution in [0.2, 0.25) is 0 Å². The molecule has 112 valence electrons. The molecule has 21 heavy (non-hydrogen) atoms. The molecular formula is C17H22N2O2. The summed E-state index contributed by atoms with van der Waals surface area (Å²) in [5.41, 5.74) is 2.67. The van der Waals surface area contributed by atoms with Crippen molar-refractivity contribution in [2.45, 2.75) is 44.9 Å². The molecular weight excluding hydrogens is 264 g/mol. The quantitative estimate of drug-likeness (QED) is 0.919. The Morgan fingerprint density at radius 1 is 1.43 bits per heavy atom. The Kier molecular flexibility index (Phi) is 4.36. The van der Waals surface area contributed by atoms with E-state index in [0.717, 1.165) is 25.1 Å². The number of aromatic nitrogens is 2. The molecule has 4 heteroatoms. The second-order valence-corrected chi connectivity index (χ2v) is 5.69. The topological polar surface area (TPSA) is 47.3 Å². The van der Waals surface area contributed by atoms with Gasteiger partial charge in [-0.2, -0.15) is 0 Å².